The number of likely N-dealkylation sites (tertiary alicyclic amines) is 1. The van der Waals surface area contributed by atoms with Crippen molar-refractivity contribution in [2.75, 3.05) is 26.7 Å². The van der Waals surface area contributed by atoms with Crippen molar-refractivity contribution in [3.63, 3.8) is 0 Å². The van der Waals surface area contributed by atoms with Gasteiger partial charge in [0.1, 0.15) is 0 Å². The Labute approximate surface area is 123 Å². The molecule has 0 amide bonds. The summed E-state index contributed by atoms with van der Waals surface area (Å²) in [7, 11) is 2.00. The van der Waals surface area contributed by atoms with E-state index in [1.54, 1.807) is 15.3 Å². The lowest BCUT2D eigenvalue weighted by Crippen LogP contribution is -2.33. The number of halogens is 1. The van der Waals surface area contributed by atoms with Crippen LogP contribution in [0.4, 0.5) is 0 Å². The van der Waals surface area contributed by atoms with Crippen molar-refractivity contribution in [3.05, 3.63) is 34.9 Å². The summed E-state index contributed by atoms with van der Waals surface area (Å²) in [6, 6.07) is 6.17. The third-order valence-corrected chi connectivity index (χ3v) is 3.80. The number of nitrogens with one attached hydrogen (secondary N) is 1. The van der Waals surface area contributed by atoms with Crippen LogP contribution in [0.25, 0.3) is 5.65 Å². The lowest BCUT2D eigenvalue weighted by Gasteiger charge is -2.14. The second-order valence-electron chi connectivity index (χ2n) is 5.01. The summed E-state index contributed by atoms with van der Waals surface area (Å²) >= 11 is 0. The number of hydrogen-bond acceptors (Lipinski definition) is 4. The Balaban J connectivity index is 0.00000147. The highest BCUT2D eigenvalue weighted by Crippen LogP contribution is 2.08. The summed E-state index contributed by atoms with van der Waals surface area (Å²) < 4.78 is 3.14. The lowest BCUT2D eigenvalue weighted by molar-refractivity contribution is 0.306. The van der Waals surface area contributed by atoms with Crippen LogP contribution in [0.15, 0.2) is 29.2 Å². The van der Waals surface area contributed by atoms with Crippen molar-refractivity contribution in [1.29, 1.82) is 0 Å². The molecule has 3 rings (SSSR count). The molecular weight excluding hydrogens is 278 g/mol. The molecule has 0 bridgehead atoms. The van der Waals surface area contributed by atoms with Gasteiger partial charge < -0.3 is 5.32 Å². The zero-order chi connectivity index (χ0) is 13.2. The zero-order valence-electron chi connectivity index (χ0n) is 11.5. The molecule has 2 aromatic heterocycles. The maximum Gasteiger partial charge on any atom is 0.350 e. The Morgan fingerprint density at radius 1 is 1.40 bits per heavy atom. The van der Waals surface area contributed by atoms with Gasteiger partial charge in [0.25, 0.3) is 0 Å². The molecule has 1 N–H and O–H groups in total. The van der Waals surface area contributed by atoms with Crippen molar-refractivity contribution in [2.45, 2.75) is 19.0 Å². The molecule has 6 nitrogen and oxygen atoms in total. The van der Waals surface area contributed by atoms with Gasteiger partial charge in [0, 0.05) is 25.3 Å². The maximum atomic E-state index is 12.1. The highest BCUT2D eigenvalue weighted by Gasteiger charge is 2.20. The van der Waals surface area contributed by atoms with E-state index in [1.165, 1.54) is 6.42 Å². The molecule has 1 saturated heterocycles. The molecule has 1 unspecified atom stereocenters. The molecule has 2 aromatic rings. The fraction of sp³-hybridized carbons (Fsp3) is 0.538. The Bertz CT molecular complexity index is 622. The molecule has 1 aliphatic rings. The first-order valence-corrected chi connectivity index (χ1v) is 6.72. The summed E-state index contributed by atoms with van der Waals surface area (Å²) in [5, 5.41) is 7.63. The van der Waals surface area contributed by atoms with Gasteiger partial charge in [0.2, 0.25) is 0 Å². The van der Waals surface area contributed by atoms with Crippen molar-refractivity contribution < 1.29 is 0 Å². The molecule has 20 heavy (non-hydrogen) atoms. The van der Waals surface area contributed by atoms with E-state index in [4.69, 9.17) is 0 Å². The van der Waals surface area contributed by atoms with E-state index in [2.05, 4.69) is 15.3 Å². The monoisotopic (exact) mass is 297 g/mol. The van der Waals surface area contributed by atoms with Crippen LogP contribution >= 0.6 is 12.4 Å². The molecule has 0 spiro atoms. The molecule has 1 aliphatic heterocycles. The average Bonchev–Trinajstić information content (AvgIpc) is 3.02. The first-order chi connectivity index (χ1) is 9.28. The summed E-state index contributed by atoms with van der Waals surface area (Å²) in [5.41, 5.74) is 0.655. The third kappa shape index (κ3) is 2.87. The van der Waals surface area contributed by atoms with E-state index >= 15 is 0 Å². The Kier molecular flexibility index (Phi) is 4.80. The predicted octanol–water partition coefficient (Wildman–Crippen LogP) is 0.211. The summed E-state index contributed by atoms with van der Waals surface area (Å²) in [4.78, 5) is 14.5. The van der Waals surface area contributed by atoms with Gasteiger partial charge in [-0.3, -0.25) is 9.30 Å². The molecule has 110 valence electrons. The van der Waals surface area contributed by atoms with E-state index in [0.29, 0.717) is 18.2 Å². The minimum Gasteiger partial charge on any atom is -0.316 e. The fourth-order valence-corrected chi connectivity index (χ4v) is 2.62. The highest BCUT2D eigenvalue weighted by molar-refractivity contribution is 5.85. The molecule has 7 heteroatoms. The summed E-state index contributed by atoms with van der Waals surface area (Å²) in [5.74, 6) is 0. The third-order valence-electron chi connectivity index (χ3n) is 3.80. The molecular formula is C13H20ClN5O. The highest BCUT2D eigenvalue weighted by atomic mass is 35.5. The predicted molar refractivity (Wildman–Crippen MR) is 80.6 cm³/mol. The Hall–Kier alpha value is -1.37. The van der Waals surface area contributed by atoms with Crippen molar-refractivity contribution in [3.8, 4) is 0 Å². The number of pyridine rings is 1. The second-order valence-corrected chi connectivity index (χ2v) is 5.01. The standard InChI is InChI=1S/C13H19N5O.ClH/c1-14-11-5-7-16(10-11)8-9-18-13(19)17-6-3-2-4-12(17)15-18;/h2-4,6,11,14H,5,7-10H2,1H3;1H. The molecule has 0 aromatic carbocycles. The first-order valence-electron chi connectivity index (χ1n) is 6.72. The minimum atomic E-state index is -0.0556. The fourth-order valence-electron chi connectivity index (χ4n) is 2.62. The topological polar surface area (TPSA) is 54.6 Å². The molecule has 0 aliphatic carbocycles. The van der Waals surface area contributed by atoms with Crippen LogP contribution in [0.5, 0.6) is 0 Å². The lowest BCUT2D eigenvalue weighted by atomic mass is 10.3. The van der Waals surface area contributed by atoms with Crippen LogP contribution in [-0.2, 0) is 6.54 Å². The number of aromatic nitrogens is 3. The second kappa shape index (κ2) is 6.39. The normalized spacial score (nSPS) is 19.4. The number of nitrogens with zero attached hydrogens (tertiary/aromatic N) is 4. The van der Waals surface area contributed by atoms with Gasteiger partial charge in [0.05, 0.1) is 6.54 Å². The quantitative estimate of drug-likeness (QED) is 0.877. The molecule has 1 fully saturated rings. The molecule has 1 atom stereocenters. The minimum absolute atomic E-state index is 0. The molecule has 3 heterocycles. The van der Waals surface area contributed by atoms with E-state index in [1.807, 2.05) is 25.2 Å². The van der Waals surface area contributed by atoms with Gasteiger partial charge in [-0.25, -0.2) is 9.48 Å². The summed E-state index contributed by atoms with van der Waals surface area (Å²) in [6.45, 7) is 3.67. The number of hydrogen-bond donors (Lipinski definition) is 1. The largest absolute Gasteiger partial charge is 0.350 e. The maximum absolute atomic E-state index is 12.1. The van der Waals surface area contributed by atoms with E-state index < -0.39 is 0 Å². The number of rotatable bonds is 4. The van der Waals surface area contributed by atoms with Crippen LogP contribution in [0.3, 0.4) is 0 Å². The van der Waals surface area contributed by atoms with Gasteiger partial charge in [0.15, 0.2) is 5.65 Å². The zero-order valence-corrected chi connectivity index (χ0v) is 12.3. The Morgan fingerprint density at radius 3 is 2.95 bits per heavy atom. The van der Waals surface area contributed by atoms with Crippen LogP contribution in [-0.4, -0.2) is 51.8 Å². The molecule has 0 radical (unpaired) electrons. The van der Waals surface area contributed by atoms with E-state index in [-0.39, 0.29) is 18.1 Å². The number of fused-ring (bicyclic) bond motifs is 1. The van der Waals surface area contributed by atoms with Gasteiger partial charge in [-0.15, -0.1) is 17.5 Å². The smallest absolute Gasteiger partial charge is 0.316 e. The van der Waals surface area contributed by atoms with Gasteiger partial charge >= 0.3 is 5.69 Å². The van der Waals surface area contributed by atoms with Crippen LogP contribution in [0.2, 0.25) is 0 Å². The van der Waals surface area contributed by atoms with E-state index in [9.17, 15) is 4.79 Å². The summed E-state index contributed by atoms with van der Waals surface area (Å²) in [6.07, 6.45) is 2.94. The van der Waals surface area contributed by atoms with Gasteiger partial charge in [-0.05, 0) is 32.1 Å². The SMILES string of the molecule is CNC1CCN(CCn2nc3ccccn3c2=O)C1.Cl. The van der Waals surface area contributed by atoms with Crippen molar-refractivity contribution in [2.24, 2.45) is 0 Å². The van der Waals surface area contributed by atoms with Crippen LogP contribution in [0.1, 0.15) is 6.42 Å². The number of likely N-dealkylation sites (N-methyl/N-ethyl adjacent to an activating group) is 1. The van der Waals surface area contributed by atoms with Crippen molar-refractivity contribution in [1.82, 2.24) is 24.4 Å². The average molecular weight is 298 g/mol. The van der Waals surface area contributed by atoms with Crippen molar-refractivity contribution >= 4 is 18.1 Å². The van der Waals surface area contributed by atoms with Gasteiger partial charge in [-0.2, -0.15) is 0 Å². The van der Waals surface area contributed by atoms with Crippen LogP contribution < -0.4 is 11.0 Å². The first kappa shape index (κ1) is 15.0. The molecule has 0 saturated carbocycles. The Morgan fingerprint density at radius 2 is 2.25 bits per heavy atom. The van der Waals surface area contributed by atoms with E-state index in [0.717, 1.165) is 19.6 Å². The van der Waals surface area contributed by atoms with Gasteiger partial charge in [-0.1, -0.05) is 6.07 Å². The van der Waals surface area contributed by atoms with Crippen LogP contribution in [0, 0.1) is 0 Å².